The van der Waals surface area contributed by atoms with Crippen molar-refractivity contribution in [3.05, 3.63) is 0 Å². The van der Waals surface area contributed by atoms with Gasteiger partial charge < -0.3 is 4.74 Å². The van der Waals surface area contributed by atoms with Crippen LogP contribution in [0.25, 0.3) is 0 Å². The number of ether oxygens (including phenoxy) is 1. The Hall–Kier alpha value is -0.0800. The Bertz CT molecular complexity index is 192. The van der Waals surface area contributed by atoms with Crippen LogP contribution in [0.4, 0.5) is 0 Å². The SMILES string of the molecule is CCN(C1COC1)C1CC2CC2C1. The topological polar surface area (TPSA) is 12.5 Å². The van der Waals surface area contributed by atoms with E-state index in [4.69, 9.17) is 4.74 Å². The zero-order valence-corrected chi connectivity index (χ0v) is 8.41. The van der Waals surface area contributed by atoms with E-state index in [0.29, 0.717) is 0 Å². The standard InChI is InChI=1S/C11H19NO/c1-2-12(11-6-13-7-11)10-4-8-3-9(8)5-10/h8-11H,2-7H2,1H3. The van der Waals surface area contributed by atoms with E-state index in [-0.39, 0.29) is 0 Å². The number of hydrogen-bond donors (Lipinski definition) is 0. The van der Waals surface area contributed by atoms with Crippen LogP contribution in [0.15, 0.2) is 0 Å². The lowest BCUT2D eigenvalue weighted by Gasteiger charge is -2.41. The Balaban J connectivity index is 1.60. The highest BCUT2D eigenvalue weighted by atomic mass is 16.5. The van der Waals surface area contributed by atoms with Crippen LogP contribution >= 0.6 is 0 Å². The molecule has 0 aromatic carbocycles. The van der Waals surface area contributed by atoms with E-state index in [2.05, 4.69) is 11.8 Å². The third-order valence-electron chi connectivity index (χ3n) is 4.14. The van der Waals surface area contributed by atoms with Gasteiger partial charge in [0.2, 0.25) is 0 Å². The highest BCUT2D eigenvalue weighted by molar-refractivity contribution is 5.00. The van der Waals surface area contributed by atoms with Crippen molar-refractivity contribution in [2.24, 2.45) is 11.8 Å². The second kappa shape index (κ2) is 2.96. The fraction of sp³-hybridized carbons (Fsp3) is 1.00. The summed E-state index contributed by atoms with van der Waals surface area (Å²) in [6, 6.07) is 1.66. The summed E-state index contributed by atoms with van der Waals surface area (Å²) in [7, 11) is 0. The third kappa shape index (κ3) is 1.31. The fourth-order valence-corrected chi connectivity index (χ4v) is 3.18. The smallest absolute Gasteiger partial charge is 0.0645 e. The monoisotopic (exact) mass is 181 g/mol. The lowest BCUT2D eigenvalue weighted by Crippen LogP contribution is -2.52. The Morgan fingerprint density at radius 1 is 1.08 bits per heavy atom. The van der Waals surface area contributed by atoms with Crippen LogP contribution in [-0.2, 0) is 4.74 Å². The van der Waals surface area contributed by atoms with Gasteiger partial charge in [-0.05, 0) is 37.6 Å². The van der Waals surface area contributed by atoms with Crippen molar-refractivity contribution in [3.8, 4) is 0 Å². The molecular weight excluding hydrogens is 162 g/mol. The summed E-state index contributed by atoms with van der Waals surface area (Å²) < 4.78 is 5.27. The van der Waals surface area contributed by atoms with Gasteiger partial charge in [0.1, 0.15) is 0 Å². The van der Waals surface area contributed by atoms with E-state index in [9.17, 15) is 0 Å². The molecule has 2 unspecified atom stereocenters. The Morgan fingerprint density at radius 2 is 1.77 bits per heavy atom. The van der Waals surface area contributed by atoms with Gasteiger partial charge in [0.25, 0.3) is 0 Å². The van der Waals surface area contributed by atoms with Gasteiger partial charge in [0.15, 0.2) is 0 Å². The molecule has 0 spiro atoms. The van der Waals surface area contributed by atoms with Crippen molar-refractivity contribution < 1.29 is 4.74 Å². The van der Waals surface area contributed by atoms with Crippen molar-refractivity contribution >= 4 is 0 Å². The summed E-state index contributed by atoms with van der Waals surface area (Å²) >= 11 is 0. The first kappa shape index (κ1) is 8.25. The van der Waals surface area contributed by atoms with Gasteiger partial charge in [0, 0.05) is 6.04 Å². The number of rotatable bonds is 3. The predicted molar refractivity (Wildman–Crippen MR) is 51.6 cm³/mol. The molecule has 3 rings (SSSR count). The highest BCUT2D eigenvalue weighted by Gasteiger charge is 2.48. The van der Waals surface area contributed by atoms with Gasteiger partial charge in [-0.3, -0.25) is 4.90 Å². The second-order valence-electron chi connectivity index (χ2n) is 4.90. The molecule has 2 nitrogen and oxygen atoms in total. The minimum absolute atomic E-state index is 0.757. The van der Waals surface area contributed by atoms with Gasteiger partial charge in [-0.25, -0.2) is 0 Å². The molecule has 0 aromatic heterocycles. The van der Waals surface area contributed by atoms with Crippen LogP contribution in [-0.4, -0.2) is 36.7 Å². The minimum Gasteiger partial charge on any atom is -0.378 e. The molecule has 1 aliphatic heterocycles. The van der Waals surface area contributed by atoms with Crippen LogP contribution < -0.4 is 0 Å². The lowest BCUT2D eigenvalue weighted by atomic mass is 10.1. The Morgan fingerprint density at radius 3 is 2.23 bits per heavy atom. The molecule has 2 aliphatic carbocycles. The first-order valence-corrected chi connectivity index (χ1v) is 5.72. The van der Waals surface area contributed by atoms with Gasteiger partial charge in [-0.1, -0.05) is 6.92 Å². The molecule has 1 heterocycles. The maximum absolute atomic E-state index is 5.27. The van der Waals surface area contributed by atoms with Crippen LogP contribution in [0, 0.1) is 11.8 Å². The quantitative estimate of drug-likeness (QED) is 0.654. The first-order valence-electron chi connectivity index (χ1n) is 5.72. The first-order chi connectivity index (χ1) is 6.38. The number of likely N-dealkylation sites (N-methyl/N-ethyl adjacent to an activating group) is 1. The Kier molecular flexibility index (Phi) is 1.88. The molecule has 1 saturated heterocycles. The van der Waals surface area contributed by atoms with Crippen LogP contribution in [0.3, 0.4) is 0 Å². The summed E-state index contributed by atoms with van der Waals surface area (Å²) in [4.78, 5) is 2.69. The fourth-order valence-electron chi connectivity index (χ4n) is 3.18. The number of nitrogens with zero attached hydrogens (tertiary/aromatic N) is 1. The molecule has 2 atom stereocenters. The Labute approximate surface area is 80.2 Å². The highest BCUT2D eigenvalue weighted by Crippen LogP contribution is 2.53. The molecule has 0 amide bonds. The van der Waals surface area contributed by atoms with Crippen LogP contribution in [0.1, 0.15) is 26.2 Å². The van der Waals surface area contributed by atoms with Gasteiger partial charge in [-0.2, -0.15) is 0 Å². The lowest BCUT2D eigenvalue weighted by molar-refractivity contribution is -0.0781. The third-order valence-corrected chi connectivity index (χ3v) is 4.14. The number of fused-ring (bicyclic) bond motifs is 1. The molecule has 2 saturated carbocycles. The van der Waals surface area contributed by atoms with Crippen LogP contribution in [0.5, 0.6) is 0 Å². The average Bonchev–Trinajstić information content (AvgIpc) is 2.66. The second-order valence-corrected chi connectivity index (χ2v) is 4.90. The summed E-state index contributed by atoms with van der Waals surface area (Å²) in [6.45, 7) is 5.49. The normalized spacial score (nSPS) is 43.4. The molecule has 74 valence electrons. The molecule has 0 N–H and O–H groups in total. The summed E-state index contributed by atoms with van der Waals surface area (Å²) in [5.74, 6) is 2.22. The molecule has 3 fully saturated rings. The van der Waals surface area contributed by atoms with Crippen molar-refractivity contribution in [3.63, 3.8) is 0 Å². The summed E-state index contributed by atoms with van der Waals surface area (Å²) in [6.07, 6.45) is 4.50. The van der Waals surface area contributed by atoms with Gasteiger partial charge in [0.05, 0.1) is 19.3 Å². The molecular formula is C11H19NO. The van der Waals surface area contributed by atoms with Crippen LogP contribution in [0.2, 0.25) is 0 Å². The molecule has 3 aliphatic rings. The molecule has 0 radical (unpaired) electrons. The maximum atomic E-state index is 5.27. The maximum Gasteiger partial charge on any atom is 0.0645 e. The summed E-state index contributed by atoms with van der Waals surface area (Å²) in [5.41, 5.74) is 0. The zero-order valence-electron chi connectivity index (χ0n) is 8.41. The van der Waals surface area contributed by atoms with Crippen molar-refractivity contribution in [2.75, 3.05) is 19.8 Å². The largest absolute Gasteiger partial charge is 0.378 e. The van der Waals surface area contributed by atoms with Gasteiger partial charge in [-0.15, -0.1) is 0 Å². The predicted octanol–water partition coefficient (Wildman–Crippen LogP) is 1.51. The van der Waals surface area contributed by atoms with Gasteiger partial charge >= 0.3 is 0 Å². The summed E-state index contributed by atoms with van der Waals surface area (Å²) in [5, 5.41) is 0. The van der Waals surface area contributed by atoms with E-state index in [1.165, 1.54) is 25.8 Å². The van der Waals surface area contributed by atoms with Crippen molar-refractivity contribution in [1.82, 2.24) is 4.90 Å². The molecule has 2 heteroatoms. The minimum atomic E-state index is 0.757. The van der Waals surface area contributed by atoms with E-state index < -0.39 is 0 Å². The van der Waals surface area contributed by atoms with Crippen molar-refractivity contribution in [2.45, 2.75) is 38.3 Å². The number of hydrogen-bond acceptors (Lipinski definition) is 2. The zero-order chi connectivity index (χ0) is 8.84. The van der Waals surface area contributed by atoms with E-state index in [1.807, 2.05) is 0 Å². The average molecular weight is 181 g/mol. The van der Waals surface area contributed by atoms with E-state index in [1.54, 1.807) is 0 Å². The van der Waals surface area contributed by atoms with E-state index >= 15 is 0 Å². The van der Waals surface area contributed by atoms with E-state index in [0.717, 1.165) is 37.1 Å². The molecule has 0 bridgehead atoms. The molecule has 0 aromatic rings. The molecule has 13 heavy (non-hydrogen) atoms. The van der Waals surface area contributed by atoms with Crippen molar-refractivity contribution in [1.29, 1.82) is 0 Å².